The number of nitrogens with zero attached hydrogens (tertiary/aromatic N) is 5. The molecule has 0 spiro atoms. The fourth-order valence-corrected chi connectivity index (χ4v) is 6.72. The molecule has 2 aromatic heterocycles. The van der Waals surface area contributed by atoms with Gasteiger partial charge in [0.15, 0.2) is 0 Å². The fourth-order valence-electron chi connectivity index (χ4n) is 6.72. The first-order chi connectivity index (χ1) is 21.4. The van der Waals surface area contributed by atoms with Crippen LogP contribution in [-0.2, 0) is 0 Å². The van der Waals surface area contributed by atoms with Gasteiger partial charge in [-0.05, 0) is 62.6 Å². The van der Waals surface area contributed by atoms with E-state index in [0.717, 1.165) is 61.2 Å². The molecule has 0 atom stereocenters. The summed E-state index contributed by atoms with van der Waals surface area (Å²) in [5.74, 6) is 1.41. The van der Waals surface area contributed by atoms with E-state index in [1.54, 1.807) is 31.6 Å². The zero-order valence-corrected chi connectivity index (χ0v) is 25.9. The van der Waals surface area contributed by atoms with Gasteiger partial charge >= 0.3 is 0 Å². The molecule has 3 heterocycles. The zero-order valence-electron chi connectivity index (χ0n) is 25.9. The molecule has 11 nitrogen and oxygen atoms in total. The maximum absolute atomic E-state index is 13.4. The Bertz CT molecular complexity index is 1620. The Morgan fingerprint density at radius 2 is 1.55 bits per heavy atom. The second-order valence-corrected chi connectivity index (χ2v) is 11.6. The van der Waals surface area contributed by atoms with Crippen LogP contribution in [0.15, 0.2) is 48.9 Å². The number of ether oxygens (including phenoxy) is 3. The molecule has 0 bridgehead atoms. The molecular weight excluding hydrogens is 558 g/mol. The number of nitrogen functional groups attached to an aromatic ring is 1. The van der Waals surface area contributed by atoms with E-state index in [4.69, 9.17) is 24.9 Å². The second kappa shape index (κ2) is 12.7. The Balaban J connectivity index is 1.27. The summed E-state index contributed by atoms with van der Waals surface area (Å²) < 4.78 is 18.9. The summed E-state index contributed by atoms with van der Waals surface area (Å²) in [7, 11) is 6.82. The maximum atomic E-state index is 13.4. The predicted molar refractivity (Wildman–Crippen MR) is 172 cm³/mol. The minimum Gasteiger partial charge on any atom is -0.496 e. The molecule has 44 heavy (non-hydrogen) atoms. The van der Waals surface area contributed by atoms with Crippen molar-refractivity contribution in [2.75, 3.05) is 65.6 Å². The van der Waals surface area contributed by atoms with E-state index in [9.17, 15) is 4.79 Å². The van der Waals surface area contributed by atoms with Gasteiger partial charge < -0.3 is 34.7 Å². The van der Waals surface area contributed by atoms with Gasteiger partial charge in [-0.1, -0.05) is 12.1 Å². The smallest absolute Gasteiger partial charge is 0.263 e. The standard InChI is InChI=1S/C33H41N7O4/c1-38-14-16-39(17-15-38)22-9-11-23(12-10-22)40-19-24(29-31(34)35-20-36-32(29)40)21-8-13-25(28(18-21)44-4)37-33(41)30-26(42-2)6-5-7-27(30)43-3/h5-8,13,18-20,22-23H,9-12,14-17H2,1-4H3,(H,37,41)(H2,34,35,36). The number of aromatic nitrogens is 3. The lowest BCUT2D eigenvalue weighted by atomic mass is 9.89. The molecule has 0 radical (unpaired) electrons. The third-order valence-corrected chi connectivity index (χ3v) is 9.17. The average Bonchev–Trinajstić information content (AvgIpc) is 3.46. The minimum absolute atomic E-state index is 0.305. The van der Waals surface area contributed by atoms with Gasteiger partial charge in [-0.3, -0.25) is 9.69 Å². The summed E-state index contributed by atoms with van der Waals surface area (Å²) in [4.78, 5) is 27.5. The van der Waals surface area contributed by atoms with Gasteiger partial charge in [-0.15, -0.1) is 0 Å². The highest BCUT2D eigenvalue weighted by Gasteiger charge is 2.30. The van der Waals surface area contributed by atoms with Gasteiger partial charge in [0.2, 0.25) is 0 Å². The van der Waals surface area contributed by atoms with Crippen LogP contribution in [0.5, 0.6) is 17.2 Å². The van der Waals surface area contributed by atoms with Crippen molar-refractivity contribution in [3.63, 3.8) is 0 Å². The number of likely N-dealkylation sites (N-methyl/N-ethyl adjacent to an activating group) is 1. The van der Waals surface area contributed by atoms with E-state index in [1.807, 2.05) is 18.2 Å². The van der Waals surface area contributed by atoms with Crippen molar-refractivity contribution >= 4 is 28.4 Å². The number of methoxy groups -OCH3 is 3. The number of hydrogen-bond donors (Lipinski definition) is 2. The third-order valence-electron chi connectivity index (χ3n) is 9.17. The highest BCUT2D eigenvalue weighted by molar-refractivity contribution is 6.09. The maximum Gasteiger partial charge on any atom is 0.263 e. The third kappa shape index (κ3) is 5.65. The molecule has 2 aliphatic rings. The Morgan fingerprint density at radius 1 is 0.886 bits per heavy atom. The van der Waals surface area contributed by atoms with E-state index >= 15 is 0 Å². The molecule has 1 aliphatic carbocycles. The van der Waals surface area contributed by atoms with E-state index in [0.29, 0.717) is 46.4 Å². The number of nitrogens with one attached hydrogen (secondary N) is 1. The number of piperazine rings is 1. The van der Waals surface area contributed by atoms with Crippen molar-refractivity contribution in [2.24, 2.45) is 0 Å². The highest BCUT2D eigenvalue weighted by atomic mass is 16.5. The molecule has 1 amide bonds. The number of anilines is 2. The summed E-state index contributed by atoms with van der Waals surface area (Å²) in [6.45, 7) is 4.58. The Hall–Kier alpha value is -4.35. The van der Waals surface area contributed by atoms with Gasteiger partial charge in [0.05, 0.1) is 32.4 Å². The predicted octanol–water partition coefficient (Wildman–Crippen LogP) is 4.69. The molecule has 2 fully saturated rings. The normalized spacial score (nSPS) is 19.5. The molecule has 6 rings (SSSR count). The molecule has 232 valence electrons. The van der Waals surface area contributed by atoms with Gasteiger partial charge in [-0.25, -0.2) is 9.97 Å². The average molecular weight is 600 g/mol. The van der Waals surface area contributed by atoms with Crippen molar-refractivity contribution in [3.8, 4) is 28.4 Å². The van der Waals surface area contributed by atoms with Gasteiger partial charge in [-0.2, -0.15) is 0 Å². The van der Waals surface area contributed by atoms with Gasteiger partial charge in [0.25, 0.3) is 5.91 Å². The van der Waals surface area contributed by atoms with Crippen LogP contribution >= 0.6 is 0 Å². The van der Waals surface area contributed by atoms with Crippen LogP contribution in [0.2, 0.25) is 0 Å². The van der Waals surface area contributed by atoms with Crippen LogP contribution in [0.4, 0.5) is 11.5 Å². The summed E-state index contributed by atoms with van der Waals surface area (Å²) in [5.41, 5.74) is 9.96. The molecule has 4 aromatic rings. The number of fused-ring (bicyclic) bond motifs is 1. The highest BCUT2D eigenvalue weighted by Crippen LogP contribution is 2.41. The molecule has 3 N–H and O–H groups in total. The van der Waals surface area contributed by atoms with E-state index in [2.05, 4.69) is 37.9 Å². The number of carbonyl (C=O) groups excluding carboxylic acids is 1. The lowest BCUT2D eigenvalue weighted by Gasteiger charge is -2.41. The van der Waals surface area contributed by atoms with Crippen LogP contribution in [0, 0.1) is 0 Å². The summed E-state index contributed by atoms with van der Waals surface area (Å²) in [6, 6.07) is 11.9. The summed E-state index contributed by atoms with van der Waals surface area (Å²) >= 11 is 0. The molecule has 1 saturated heterocycles. The molecule has 11 heteroatoms. The number of amides is 1. The Morgan fingerprint density at radius 3 is 2.20 bits per heavy atom. The van der Waals surface area contributed by atoms with Crippen LogP contribution < -0.4 is 25.3 Å². The van der Waals surface area contributed by atoms with Crippen molar-refractivity contribution in [1.82, 2.24) is 24.3 Å². The summed E-state index contributed by atoms with van der Waals surface area (Å²) in [5, 5.41) is 3.78. The van der Waals surface area contributed by atoms with Gasteiger partial charge in [0.1, 0.15) is 40.6 Å². The number of rotatable bonds is 8. The number of benzene rings is 2. The van der Waals surface area contributed by atoms with E-state index in [-0.39, 0.29) is 5.91 Å². The quantitative estimate of drug-likeness (QED) is 0.297. The van der Waals surface area contributed by atoms with Crippen molar-refractivity contribution in [2.45, 2.75) is 37.8 Å². The first-order valence-electron chi connectivity index (χ1n) is 15.2. The van der Waals surface area contributed by atoms with Gasteiger partial charge in [0, 0.05) is 50.0 Å². The van der Waals surface area contributed by atoms with Crippen LogP contribution in [0.1, 0.15) is 42.1 Å². The van der Waals surface area contributed by atoms with Crippen molar-refractivity contribution in [3.05, 3.63) is 54.5 Å². The molecule has 1 aliphatic heterocycles. The lowest BCUT2D eigenvalue weighted by molar-refractivity contribution is 0.0828. The number of nitrogens with two attached hydrogens (primary N) is 1. The molecular formula is C33H41N7O4. The SMILES string of the molecule is COc1cc(-c2cn(C3CCC(N4CCN(C)CC4)CC3)c3ncnc(N)c23)ccc1NC(=O)c1c(OC)cccc1OC. The zero-order chi connectivity index (χ0) is 30.8. The van der Waals surface area contributed by atoms with Crippen molar-refractivity contribution < 1.29 is 19.0 Å². The minimum atomic E-state index is -0.369. The van der Waals surface area contributed by atoms with E-state index in [1.165, 1.54) is 27.1 Å². The number of carbonyl (C=O) groups is 1. The topological polar surface area (TPSA) is 120 Å². The van der Waals surface area contributed by atoms with E-state index < -0.39 is 0 Å². The molecule has 1 saturated carbocycles. The monoisotopic (exact) mass is 599 g/mol. The largest absolute Gasteiger partial charge is 0.496 e. The van der Waals surface area contributed by atoms with Crippen molar-refractivity contribution in [1.29, 1.82) is 0 Å². The Labute approximate surface area is 257 Å². The van der Waals surface area contributed by atoms with Crippen LogP contribution in [0.25, 0.3) is 22.2 Å². The van der Waals surface area contributed by atoms with Crippen LogP contribution in [0.3, 0.4) is 0 Å². The lowest BCUT2D eigenvalue weighted by Crippen LogP contribution is -2.49. The fraction of sp³-hybridized carbons (Fsp3) is 0.424. The van der Waals surface area contributed by atoms with Crippen LogP contribution in [-0.4, -0.2) is 90.8 Å². The summed E-state index contributed by atoms with van der Waals surface area (Å²) in [6.07, 6.45) is 8.21. The first-order valence-corrected chi connectivity index (χ1v) is 15.2. The second-order valence-electron chi connectivity index (χ2n) is 11.6. The first kappa shape index (κ1) is 29.7. The number of hydrogen-bond acceptors (Lipinski definition) is 9. The Kier molecular flexibility index (Phi) is 8.58. The molecule has 2 aromatic carbocycles. The molecule has 0 unspecified atom stereocenters.